The Kier molecular flexibility index (Phi) is 8.22. The van der Waals surface area contributed by atoms with Crippen molar-refractivity contribution in [3.8, 4) is 5.75 Å². The fourth-order valence-corrected chi connectivity index (χ4v) is 5.52. The smallest absolute Gasteiger partial charge is 0.294 e. The van der Waals surface area contributed by atoms with Gasteiger partial charge in [0, 0.05) is 5.69 Å². The van der Waals surface area contributed by atoms with E-state index in [9.17, 15) is 23.2 Å². The molecule has 0 saturated carbocycles. The summed E-state index contributed by atoms with van der Waals surface area (Å²) in [4.78, 5) is 38.4. The van der Waals surface area contributed by atoms with Crippen LogP contribution >= 0.6 is 43.6 Å². The summed E-state index contributed by atoms with van der Waals surface area (Å²) in [6, 6.07) is 14.7. The van der Waals surface area contributed by atoms with Crippen LogP contribution in [0.4, 0.5) is 19.3 Å². The van der Waals surface area contributed by atoms with Crippen molar-refractivity contribution in [2.45, 2.75) is 6.61 Å². The van der Waals surface area contributed by atoms with Crippen molar-refractivity contribution < 1.29 is 27.9 Å². The van der Waals surface area contributed by atoms with Crippen LogP contribution < -0.4 is 10.1 Å². The number of anilines is 1. The lowest BCUT2D eigenvalue weighted by atomic mass is 10.2. The number of imide groups is 1. The summed E-state index contributed by atoms with van der Waals surface area (Å²) < 4.78 is 33.4. The third-order valence-electron chi connectivity index (χ3n) is 4.90. The first-order valence-corrected chi connectivity index (χ1v) is 12.8. The molecule has 3 aromatic carbocycles. The molecule has 0 bridgehead atoms. The Balaban J connectivity index is 1.43. The molecule has 11 heteroatoms. The second kappa shape index (κ2) is 11.4. The summed E-state index contributed by atoms with van der Waals surface area (Å²) in [6.07, 6.45) is 1.54. The van der Waals surface area contributed by atoms with Gasteiger partial charge in [-0.3, -0.25) is 19.3 Å². The van der Waals surface area contributed by atoms with Gasteiger partial charge < -0.3 is 10.1 Å². The number of hydrogen-bond acceptors (Lipinski definition) is 5. The maximum atomic E-state index is 13.3. The third-order valence-corrected chi connectivity index (χ3v) is 6.98. The van der Waals surface area contributed by atoms with Gasteiger partial charge in [-0.15, -0.1) is 0 Å². The van der Waals surface area contributed by atoms with Crippen molar-refractivity contribution in [1.29, 1.82) is 0 Å². The monoisotopic (exact) mass is 636 g/mol. The molecule has 1 aliphatic rings. The van der Waals surface area contributed by atoms with Crippen molar-refractivity contribution in [3.05, 3.63) is 97.3 Å². The molecule has 1 N–H and O–H groups in total. The highest BCUT2D eigenvalue weighted by Gasteiger charge is 2.36. The first-order chi connectivity index (χ1) is 17.2. The van der Waals surface area contributed by atoms with E-state index in [1.54, 1.807) is 24.3 Å². The average Bonchev–Trinajstić information content (AvgIpc) is 3.07. The van der Waals surface area contributed by atoms with Crippen LogP contribution in [0.5, 0.6) is 5.75 Å². The molecule has 0 atom stereocenters. The first-order valence-electron chi connectivity index (χ1n) is 10.4. The lowest BCUT2D eigenvalue weighted by Gasteiger charge is -2.13. The summed E-state index contributed by atoms with van der Waals surface area (Å²) in [5, 5.41) is 1.88. The van der Waals surface area contributed by atoms with Gasteiger partial charge in [0.25, 0.3) is 11.1 Å². The standard InChI is InChI=1S/C25H16Br2F2N2O4S/c26-19-8-15(9-20(27)23(19)35-13-14-4-6-16(28)7-5-14)10-21-24(33)31(25(34)36-21)12-22(32)30-18-3-1-2-17(29)11-18/h1-11H,12-13H2,(H,30,32)/b21-10+. The lowest BCUT2D eigenvalue weighted by molar-refractivity contribution is -0.127. The predicted octanol–water partition coefficient (Wildman–Crippen LogP) is 6.74. The van der Waals surface area contributed by atoms with Crippen molar-refractivity contribution >= 4 is 72.4 Å². The minimum absolute atomic E-state index is 0.150. The molecular formula is C25H16Br2F2N2O4S. The zero-order valence-electron chi connectivity index (χ0n) is 18.3. The van der Waals surface area contributed by atoms with E-state index in [4.69, 9.17) is 4.74 Å². The molecule has 184 valence electrons. The number of carbonyl (C=O) groups excluding carboxylic acids is 3. The summed E-state index contributed by atoms with van der Waals surface area (Å²) in [5.41, 5.74) is 1.62. The molecule has 0 radical (unpaired) electrons. The highest BCUT2D eigenvalue weighted by Crippen LogP contribution is 2.38. The number of halogens is 4. The lowest BCUT2D eigenvalue weighted by Crippen LogP contribution is -2.36. The molecule has 0 aromatic heterocycles. The molecule has 0 unspecified atom stereocenters. The van der Waals surface area contributed by atoms with Gasteiger partial charge in [-0.2, -0.15) is 0 Å². The van der Waals surface area contributed by atoms with E-state index in [1.165, 1.54) is 36.4 Å². The van der Waals surface area contributed by atoms with Crippen LogP contribution in [0.15, 0.2) is 74.5 Å². The van der Waals surface area contributed by atoms with E-state index in [0.29, 0.717) is 20.3 Å². The van der Waals surface area contributed by atoms with Crippen LogP contribution in [0.3, 0.4) is 0 Å². The second-order valence-corrected chi connectivity index (χ2v) is 10.3. The normalized spacial score (nSPS) is 14.4. The molecule has 36 heavy (non-hydrogen) atoms. The van der Waals surface area contributed by atoms with Crippen molar-refractivity contribution in [2.75, 3.05) is 11.9 Å². The molecule has 0 aliphatic carbocycles. The van der Waals surface area contributed by atoms with E-state index >= 15 is 0 Å². The van der Waals surface area contributed by atoms with Crippen molar-refractivity contribution in [2.24, 2.45) is 0 Å². The Morgan fingerprint density at radius 1 is 1.00 bits per heavy atom. The molecule has 3 aromatic rings. The van der Waals surface area contributed by atoms with Crippen LogP contribution in [0, 0.1) is 11.6 Å². The second-order valence-electron chi connectivity index (χ2n) is 7.56. The maximum Gasteiger partial charge on any atom is 0.294 e. The Bertz CT molecular complexity index is 1360. The number of rotatable bonds is 7. The van der Waals surface area contributed by atoms with E-state index in [0.717, 1.165) is 28.3 Å². The number of carbonyl (C=O) groups is 3. The number of benzene rings is 3. The third kappa shape index (κ3) is 6.40. The summed E-state index contributed by atoms with van der Waals surface area (Å²) in [6.45, 7) is -0.282. The van der Waals surface area contributed by atoms with Gasteiger partial charge in [0.1, 0.15) is 30.5 Å². The molecule has 3 amide bonds. The van der Waals surface area contributed by atoms with Gasteiger partial charge in [-0.05, 0) is 103 Å². The molecule has 4 rings (SSSR count). The molecular weight excluding hydrogens is 622 g/mol. The molecule has 1 fully saturated rings. The highest BCUT2D eigenvalue weighted by molar-refractivity contribution is 9.11. The Hall–Kier alpha value is -3.02. The molecule has 6 nitrogen and oxygen atoms in total. The number of thioether (sulfide) groups is 1. The molecule has 1 heterocycles. The number of hydrogen-bond donors (Lipinski definition) is 1. The molecule has 1 aliphatic heterocycles. The minimum Gasteiger partial charge on any atom is -0.487 e. The topological polar surface area (TPSA) is 75.7 Å². The quantitative estimate of drug-likeness (QED) is 0.290. The van der Waals surface area contributed by atoms with Crippen LogP contribution in [-0.4, -0.2) is 28.5 Å². The Morgan fingerprint density at radius 3 is 2.36 bits per heavy atom. The van der Waals surface area contributed by atoms with Gasteiger partial charge in [-0.25, -0.2) is 8.78 Å². The van der Waals surface area contributed by atoms with E-state index in [1.807, 2.05) is 0 Å². The fraction of sp³-hybridized carbons (Fsp3) is 0.0800. The Morgan fingerprint density at radius 2 is 1.69 bits per heavy atom. The van der Waals surface area contributed by atoms with Gasteiger partial charge in [-0.1, -0.05) is 18.2 Å². The molecule has 1 saturated heterocycles. The maximum absolute atomic E-state index is 13.3. The number of amides is 3. The first kappa shape index (κ1) is 26.1. The van der Waals surface area contributed by atoms with Crippen LogP contribution in [0.2, 0.25) is 0 Å². The summed E-state index contributed by atoms with van der Waals surface area (Å²) in [7, 11) is 0. The zero-order chi connectivity index (χ0) is 25.8. The van der Waals surface area contributed by atoms with Crippen molar-refractivity contribution in [3.63, 3.8) is 0 Å². The fourth-order valence-electron chi connectivity index (χ4n) is 3.23. The van der Waals surface area contributed by atoms with Crippen LogP contribution in [0.25, 0.3) is 6.08 Å². The number of nitrogens with zero attached hydrogens (tertiary/aromatic N) is 1. The van der Waals surface area contributed by atoms with E-state index < -0.39 is 29.4 Å². The zero-order valence-corrected chi connectivity index (χ0v) is 22.3. The predicted molar refractivity (Wildman–Crippen MR) is 140 cm³/mol. The number of ether oxygens (including phenoxy) is 1. The average molecular weight is 638 g/mol. The van der Waals surface area contributed by atoms with Gasteiger partial charge in [0.2, 0.25) is 5.91 Å². The van der Waals surface area contributed by atoms with Crippen molar-refractivity contribution in [1.82, 2.24) is 4.90 Å². The van der Waals surface area contributed by atoms with Crippen LogP contribution in [0.1, 0.15) is 11.1 Å². The molecule has 0 spiro atoms. The van der Waals surface area contributed by atoms with Gasteiger partial charge >= 0.3 is 0 Å². The van der Waals surface area contributed by atoms with E-state index in [2.05, 4.69) is 37.2 Å². The summed E-state index contributed by atoms with van der Waals surface area (Å²) >= 11 is 7.61. The minimum atomic E-state index is -0.628. The highest BCUT2D eigenvalue weighted by atomic mass is 79.9. The van der Waals surface area contributed by atoms with Gasteiger partial charge in [0.15, 0.2) is 0 Å². The summed E-state index contributed by atoms with van der Waals surface area (Å²) in [5.74, 6) is -1.58. The van der Waals surface area contributed by atoms with E-state index in [-0.39, 0.29) is 23.0 Å². The largest absolute Gasteiger partial charge is 0.487 e. The van der Waals surface area contributed by atoms with Crippen LogP contribution in [-0.2, 0) is 16.2 Å². The Labute approximate surface area is 226 Å². The SMILES string of the molecule is O=C(CN1C(=O)S/C(=C/c2cc(Br)c(OCc3ccc(F)cc3)c(Br)c2)C1=O)Nc1cccc(F)c1. The van der Waals surface area contributed by atoms with Gasteiger partial charge in [0.05, 0.1) is 13.9 Å². The number of nitrogens with one attached hydrogen (secondary N) is 1.